The molecule has 0 aliphatic heterocycles. The van der Waals surface area contributed by atoms with Crippen LogP contribution in [0.25, 0.3) is 0 Å². The smallest absolute Gasteiger partial charge is 0.130 e. The van der Waals surface area contributed by atoms with E-state index in [9.17, 15) is 8.76 Å². The van der Waals surface area contributed by atoms with E-state index in [1.807, 2.05) is 0 Å². The predicted molar refractivity (Wildman–Crippen MR) is 40.7 cm³/mol. The SMILES string of the molecule is [B]c1ccc(O)c(S(=O)[O-])c1. The highest BCUT2D eigenvalue weighted by atomic mass is 32.2. The van der Waals surface area contributed by atoms with E-state index in [1.54, 1.807) is 0 Å². The first-order valence-corrected chi connectivity index (χ1v) is 3.86. The molecule has 1 aromatic carbocycles. The molecule has 1 rings (SSSR count). The second kappa shape index (κ2) is 3.06. The van der Waals surface area contributed by atoms with Crippen LogP contribution in [0.2, 0.25) is 0 Å². The van der Waals surface area contributed by atoms with Crippen LogP contribution >= 0.6 is 0 Å². The summed E-state index contributed by atoms with van der Waals surface area (Å²) >= 11 is -2.43. The summed E-state index contributed by atoms with van der Waals surface area (Å²) in [6.45, 7) is 0. The highest BCUT2D eigenvalue weighted by Crippen LogP contribution is 2.16. The Labute approximate surface area is 67.8 Å². The van der Waals surface area contributed by atoms with E-state index in [0.717, 1.165) is 0 Å². The second-order valence-electron chi connectivity index (χ2n) is 1.96. The van der Waals surface area contributed by atoms with Gasteiger partial charge in [-0.05, 0) is 17.1 Å². The van der Waals surface area contributed by atoms with Crippen LogP contribution in [0.15, 0.2) is 23.1 Å². The van der Waals surface area contributed by atoms with Crippen LogP contribution in [0.5, 0.6) is 5.75 Å². The molecule has 5 heteroatoms. The van der Waals surface area contributed by atoms with Gasteiger partial charge in [0.15, 0.2) is 0 Å². The van der Waals surface area contributed by atoms with Crippen molar-refractivity contribution in [1.29, 1.82) is 0 Å². The third-order valence-corrected chi connectivity index (χ3v) is 1.85. The number of hydrogen-bond donors (Lipinski definition) is 1. The Morgan fingerprint density at radius 1 is 1.55 bits per heavy atom. The van der Waals surface area contributed by atoms with E-state index in [0.29, 0.717) is 5.46 Å². The van der Waals surface area contributed by atoms with E-state index in [1.165, 1.54) is 18.2 Å². The zero-order valence-electron chi connectivity index (χ0n) is 5.48. The standard InChI is InChI=1S/C6H5BO3S/c7-4-1-2-5(8)6(3-4)11(9)10/h1-3,8H,(H,9,10)/p-1. The first-order chi connectivity index (χ1) is 5.11. The molecule has 0 fully saturated rings. The Bertz CT molecular complexity index is 300. The van der Waals surface area contributed by atoms with Gasteiger partial charge < -0.3 is 9.66 Å². The minimum Gasteiger partial charge on any atom is -0.768 e. The molecule has 0 bridgehead atoms. The van der Waals surface area contributed by atoms with Crippen LogP contribution in [0.4, 0.5) is 0 Å². The average Bonchev–Trinajstić information content (AvgIpc) is 1.94. The fourth-order valence-corrected chi connectivity index (χ4v) is 1.14. The van der Waals surface area contributed by atoms with Gasteiger partial charge in [-0.1, -0.05) is 17.6 Å². The Morgan fingerprint density at radius 3 is 2.64 bits per heavy atom. The molecule has 0 spiro atoms. The number of phenolic OH excluding ortho intramolecular Hbond substituents is 1. The fraction of sp³-hybridized carbons (Fsp3) is 0. The summed E-state index contributed by atoms with van der Waals surface area (Å²) in [4.78, 5) is -0.176. The van der Waals surface area contributed by atoms with Gasteiger partial charge in [0.2, 0.25) is 0 Å². The van der Waals surface area contributed by atoms with Crippen LogP contribution in [0.1, 0.15) is 0 Å². The van der Waals surface area contributed by atoms with Gasteiger partial charge in [0.1, 0.15) is 13.6 Å². The van der Waals surface area contributed by atoms with Gasteiger partial charge in [0, 0.05) is 0 Å². The molecular weight excluding hydrogens is 163 g/mol. The lowest BCUT2D eigenvalue weighted by atomic mass is 9.97. The van der Waals surface area contributed by atoms with Gasteiger partial charge >= 0.3 is 0 Å². The Kier molecular flexibility index (Phi) is 2.31. The van der Waals surface area contributed by atoms with Crippen LogP contribution < -0.4 is 5.46 Å². The summed E-state index contributed by atoms with van der Waals surface area (Å²) in [5.41, 5.74) is 0.307. The topological polar surface area (TPSA) is 60.4 Å². The lowest BCUT2D eigenvalue weighted by Crippen LogP contribution is -2.03. The van der Waals surface area contributed by atoms with Crippen LogP contribution in [0.3, 0.4) is 0 Å². The van der Waals surface area contributed by atoms with Crippen molar-refractivity contribution in [3.63, 3.8) is 0 Å². The molecule has 1 N–H and O–H groups in total. The zero-order chi connectivity index (χ0) is 8.43. The minimum atomic E-state index is -2.43. The van der Waals surface area contributed by atoms with Gasteiger partial charge in [0.05, 0.1) is 4.90 Å². The lowest BCUT2D eigenvalue weighted by Gasteiger charge is -2.07. The van der Waals surface area contributed by atoms with Gasteiger partial charge in [0.25, 0.3) is 0 Å². The van der Waals surface area contributed by atoms with Gasteiger partial charge in [-0.2, -0.15) is 0 Å². The molecule has 2 radical (unpaired) electrons. The molecule has 0 aliphatic carbocycles. The molecule has 0 aliphatic rings. The molecule has 3 nitrogen and oxygen atoms in total. The summed E-state index contributed by atoms with van der Waals surface area (Å²) in [7, 11) is 5.28. The molecule has 1 unspecified atom stereocenters. The summed E-state index contributed by atoms with van der Waals surface area (Å²) in [5, 5.41) is 8.96. The van der Waals surface area contributed by atoms with Crippen LogP contribution in [0, 0.1) is 0 Å². The molecule has 0 aromatic heterocycles. The number of benzene rings is 1. The highest BCUT2D eigenvalue weighted by Gasteiger charge is 1.99. The fourth-order valence-electron chi connectivity index (χ4n) is 0.664. The second-order valence-corrected chi connectivity index (χ2v) is 2.87. The van der Waals surface area contributed by atoms with E-state index in [4.69, 9.17) is 13.0 Å². The maximum atomic E-state index is 10.4. The molecule has 0 saturated heterocycles. The monoisotopic (exact) mass is 167 g/mol. The van der Waals surface area contributed by atoms with Crippen molar-refractivity contribution in [2.45, 2.75) is 4.90 Å². The van der Waals surface area contributed by atoms with Crippen molar-refractivity contribution in [2.24, 2.45) is 0 Å². The Balaban J connectivity index is 3.23. The number of rotatable bonds is 1. The van der Waals surface area contributed by atoms with E-state index in [2.05, 4.69) is 0 Å². The summed E-state index contributed by atoms with van der Waals surface area (Å²) in [6, 6.07) is 3.85. The summed E-state index contributed by atoms with van der Waals surface area (Å²) in [6.07, 6.45) is 0. The van der Waals surface area contributed by atoms with Crippen molar-refractivity contribution in [1.82, 2.24) is 0 Å². The van der Waals surface area contributed by atoms with Crippen molar-refractivity contribution in [3.8, 4) is 5.75 Å². The van der Waals surface area contributed by atoms with E-state index < -0.39 is 11.1 Å². The van der Waals surface area contributed by atoms with Gasteiger partial charge in [-0.25, -0.2) is 0 Å². The van der Waals surface area contributed by atoms with Crippen LogP contribution in [-0.2, 0) is 11.1 Å². The normalized spacial score (nSPS) is 12.8. The molecule has 0 heterocycles. The largest absolute Gasteiger partial charge is 0.768 e. The molecule has 56 valence electrons. The lowest BCUT2D eigenvalue weighted by molar-refractivity contribution is 0.455. The van der Waals surface area contributed by atoms with Crippen molar-refractivity contribution in [3.05, 3.63) is 18.2 Å². The average molecular weight is 167 g/mol. The molecular formula is C6H4BO3S-. The molecule has 0 saturated carbocycles. The predicted octanol–water partition coefficient (Wildman–Crippen LogP) is -0.576. The third kappa shape index (κ3) is 1.81. The van der Waals surface area contributed by atoms with E-state index in [-0.39, 0.29) is 10.6 Å². The maximum absolute atomic E-state index is 10.4. The maximum Gasteiger partial charge on any atom is 0.130 e. The van der Waals surface area contributed by atoms with Crippen molar-refractivity contribution < 1.29 is 13.9 Å². The molecule has 11 heavy (non-hydrogen) atoms. The zero-order valence-corrected chi connectivity index (χ0v) is 6.30. The first kappa shape index (κ1) is 8.29. The quantitative estimate of drug-likeness (QED) is 0.449. The number of hydrogen-bond acceptors (Lipinski definition) is 3. The van der Waals surface area contributed by atoms with Crippen LogP contribution in [-0.4, -0.2) is 21.7 Å². The van der Waals surface area contributed by atoms with Crippen molar-refractivity contribution >= 4 is 24.4 Å². The Morgan fingerprint density at radius 2 is 2.18 bits per heavy atom. The van der Waals surface area contributed by atoms with E-state index >= 15 is 0 Å². The summed E-state index contributed by atoms with van der Waals surface area (Å²) < 4.78 is 20.7. The van der Waals surface area contributed by atoms with Crippen molar-refractivity contribution in [2.75, 3.05) is 0 Å². The van der Waals surface area contributed by atoms with Gasteiger partial charge in [-0.15, -0.1) is 0 Å². The van der Waals surface area contributed by atoms with Gasteiger partial charge in [-0.3, -0.25) is 4.21 Å². The molecule has 0 amide bonds. The highest BCUT2D eigenvalue weighted by molar-refractivity contribution is 7.79. The number of aromatic hydroxyl groups is 1. The summed E-state index contributed by atoms with van der Waals surface area (Å²) in [5.74, 6) is -0.285. The molecule has 1 atom stereocenters. The molecule has 1 aromatic rings. The first-order valence-electron chi connectivity index (χ1n) is 2.79. The number of phenols is 1. The third-order valence-electron chi connectivity index (χ3n) is 1.16. The Hall–Kier alpha value is -0.805. The minimum absolute atomic E-state index is 0.176.